The Morgan fingerprint density at radius 1 is 1.29 bits per heavy atom. The Hall–Kier alpha value is -1.86. The lowest BCUT2D eigenvalue weighted by molar-refractivity contribution is 1.12. The van der Waals surface area contributed by atoms with Crippen LogP contribution in [0.2, 0.25) is 0 Å². The van der Waals surface area contributed by atoms with E-state index in [1.54, 1.807) is 12.3 Å². The van der Waals surface area contributed by atoms with Crippen LogP contribution in [0.15, 0.2) is 47.1 Å². The van der Waals surface area contributed by atoms with Gasteiger partial charge >= 0.3 is 0 Å². The lowest BCUT2D eigenvalue weighted by Gasteiger charge is -2.18. The van der Waals surface area contributed by atoms with Gasteiger partial charge in [-0.2, -0.15) is 5.26 Å². The van der Waals surface area contributed by atoms with Crippen LogP contribution in [0.1, 0.15) is 5.56 Å². The van der Waals surface area contributed by atoms with Crippen LogP contribution in [0, 0.1) is 11.3 Å². The summed E-state index contributed by atoms with van der Waals surface area (Å²) in [5.74, 6) is 0.836. The fourth-order valence-electron chi connectivity index (χ4n) is 1.48. The molecule has 0 saturated heterocycles. The fourth-order valence-corrected chi connectivity index (χ4v) is 1.72. The highest BCUT2D eigenvalue weighted by atomic mass is 79.9. The quantitative estimate of drug-likeness (QED) is 0.849. The highest BCUT2D eigenvalue weighted by molar-refractivity contribution is 9.10. The monoisotopic (exact) mass is 287 g/mol. The summed E-state index contributed by atoms with van der Waals surface area (Å²) in [6.45, 7) is 0. The molecular weight excluding hydrogens is 278 g/mol. The Balaban J connectivity index is 2.33. The molecule has 84 valence electrons. The van der Waals surface area contributed by atoms with Gasteiger partial charge in [0.15, 0.2) is 0 Å². The second kappa shape index (κ2) is 4.98. The first-order valence-corrected chi connectivity index (χ1v) is 5.85. The van der Waals surface area contributed by atoms with Crippen LogP contribution in [0.4, 0.5) is 11.5 Å². The summed E-state index contributed by atoms with van der Waals surface area (Å²) in [6, 6.07) is 13.4. The van der Waals surface area contributed by atoms with Crippen LogP contribution in [0.25, 0.3) is 0 Å². The van der Waals surface area contributed by atoms with Crippen molar-refractivity contribution in [2.24, 2.45) is 0 Å². The van der Waals surface area contributed by atoms with E-state index in [-0.39, 0.29) is 0 Å². The Morgan fingerprint density at radius 3 is 2.76 bits per heavy atom. The van der Waals surface area contributed by atoms with E-state index in [4.69, 9.17) is 5.26 Å². The normalized spacial score (nSPS) is 9.71. The van der Waals surface area contributed by atoms with Crippen molar-refractivity contribution >= 4 is 27.4 Å². The summed E-state index contributed by atoms with van der Waals surface area (Å²) in [5.41, 5.74) is 1.59. The minimum atomic E-state index is 0.645. The first kappa shape index (κ1) is 11.6. The molecule has 1 heterocycles. The van der Waals surface area contributed by atoms with Gasteiger partial charge < -0.3 is 4.90 Å². The Morgan fingerprint density at radius 2 is 2.12 bits per heavy atom. The van der Waals surface area contributed by atoms with Crippen molar-refractivity contribution in [1.29, 1.82) is 5.26 Å². The number of halogens is 1. The Kier molecular flexibility index (Phi) is 3.40. The van der Waals surface area contributed by atoms with E-state index >= 15 is 0 Å². The van der Waals surface area contributed by atoms with Crippen molar-refractivity contribution in [2.45, 2.75) is 0 Å². The van der Waals surface area contributed by atoms with E-state index in [1.807, 2.05) is 42.3 Å². The number of nitrogens with zero attached hydrogens (tertiary/aromatic N) is 3. The van der Waals surface area contributed by atoms with E-state index in [2.05, 4.69) is 27.0 Å². The minimum Gasteiger partial charge on any atom is -0.329 e. The van der Waals surface area contributed by atoms with Gasteiger partial charge in [0.25, 0.3) is 0 Å². The summed E-state index contributed by atoms with van der Waals surface area (Å²) in [6.07, 6.45) is 1.75. The molecule has 0 spiro atoms. The van der Waals surface area contributed by atoms with Gasteiger partial charge in [0.05, 0.1) is 11.6 Å². The molecule has 0 amide bonds. The maximum Gasteiger partial charge on any atom is 0.132 e. The van der Waals surface area contributed by atoms with Gasteiger partial charge in [-0.25, -0.2) is 4.98 Å². The molecule has 0 fully saturated rings. The highest BCUT2D eigenvalue weighted by Crippen LogP contribution is 2.23. The predicted octanol–water partition coefficient (Wildman–Crippen LogP) is 3.48. The first-order chi connectivity index (χ1) is 8.20. The highest BCUT2D eigenvalue weighted by Gasteiger charge is 2.05. The summed E-state index contributed by atoms with van der Waals surface area (Å²) in [7, 11) is 1.92. The fraction of sp³-hybridized carbons (Fsp3) is 0.0769. The van der Waals surface area contributed by atoms with E-state index in [0.717, 1.165) is 16.0 Å². The molecule has 1 aromatic heterocycles. The zero-order valence-corrected chi connectivity index (χ0v) is 10.8. The number of nitriles is 1. The lowest BCUT2D eigenvalue weighted by Crippen LogP contribution is -2.10. The van der Waals surface area contributed by atoms with E-state index in [1.165, 1.54) is 0 Å². The van der Waals surface area contributed by atoms with Crippen molar-refractivity contribution in [3.8, 4) is 6.07 Å². The van der Waals surface area contributed by atoms with Crippen LogP contribution < -0.4 is 4.90 Å². The topological polar surface area (TPSA) is 39.9 Å². The maximum absolute atomic E-state index is 8.86. The molecule has 17 heavy (non-hydrogen) atoms. The van der Waals surface area contributed by atoms with Crippen LogP contribution in [0.3, 0.4) is 0 Å². The van der Waals surface area contributed by atoms with Gasteiger partial charge in [-0.15, -0.1) is 0 Å². The molecule has 0 N–H and O–H groups in total. The van der Waals surface area contributed by atoms with Crippen molar-refractivity contribution in [3.05, 3.63) is 52.6 Å². The van der Waals surface area contributed by atoms with Crippen molar-refractivity contribution in [1.82, 2.24) is 4.98 Å². The SMILES string of the molecule is CN(c1cccc(C#N)c1)c1ccc(Br)cn1. The molecule has 0 unspecified atom stereocenters. The molecule has 0 saturated carbocycles. The largest absolute Gasteiger partial charge is 0.329 e. The summed E-state index contributed by atoms with van der Waals surface area (Å²) in [5, 5.41) is 8.86. The van der Waals surface area contributed by atoms with E-state index in [0.29, 0.717) is 5.56 Å². The van der Waals surface area contributed by atoms with Gasteiger partial charge in [-0.3, -0.25) is 0 Å². The number of aromatic nitrogens is 1. The molecule has 0 atom stereocenters. The zero-order valence-electron chi connectivity index (χ0n) is 9.26. The number of hydrogen-bond acceptors (Lipinski definition) is 3. The van der Waals surface area contributed by atoms with Crippen molar-refractivity contribution in [3.63, 3.8) is 0 Å². The average Bonchev–Trinajstić information content (AvgIpc) is 2.39. The molecule has 1 aromatic carbocycles. The smallest absolute Gasteiger partial charge is 0.132 e. The van der Waals surface area contributed by atoms with Gasteiger partial charge in [0.1, 0.15) is 5.82 Å². The summed E-state index contributed by atoms with van der Waals surface area (Å²) in [4.78, 5) is 6.24. The second-order valence-electron chi connectivity index (χ2n) is 3.56. The Labute approximate surface area is 108 Å². The predicted molar refractivity (Wildman–Crippen MR) is 71.2 cm³/mol. The third-order valence-corrected chi connectivity index (χ3v) is 2.89. The Bertz CT molecular complexity index is 558. The number of pyridine rings is 1. The van der Waals surface area contributed by atoms with Crippen LogP contribution >= 0.6 is 15.9 Å². The van der Waals surface area contributed by atoms with Crippen molar-refractivity contribution < 1.29 is 0 Å². The van der Waals surface area contributed by atoms with Crippen molar-refractivity contribution in [2.75, 3.05) is 11.9 Å². The minimum absolute atomic E-state index is 0.645. The molecule has 0 aliphatic heterocycles. The molecule has 0 aliphatic carbocycles. The van der Waals surface area contributed by atoms with Gasteiger partial charge in [0.2, 0.25) is 0 Å². The molecule has 2 rings (SSSR count). The molecule has 0 bridgehead atoms. The molecular formula is C13H10BrN3. The standard InChI is InChI=1S/C13H10BrN3/c1-17(13-6-5-11(14)9-16-13)12-4-2-3-10(7-12)8-15/h2-7,9H,1H3. The second-order valence-corrected chi connectivity index (χ2v) is 4.47. The van der Waals surface area contributed by atoms with Gasteiger partial charge in [-0.05, 0) is 46.3 Å². The summed E-state index contributed by atoms with van der Waals surface area (Å²) >= 11 is 3.35. The third-order valence-electron chi connectivity index (χ3n) is 2.42. The molecule has 4 heteroatoms. The van der Waals surface area contributed by atoms with E-state index < -0.39 is 0 Å². The zero-order chi connectivity index (χ0) is 12.3. The van der Waals surface area contributed by atoms with Gasteiger partial charge in [-0.1, -0.05) is 6.07 Å². The molecule has 0 radical (unpaired) electrons. The summed E-state index contributed by atoms with van der Waals surface area (Å²) < 4.78 is 0.945. The molecule has 0 aliphatic rings. The number of rotatable bonds is 2. The molecule has 3 nitrogen and oxygen atoms in total. The van der Waals surface area contributed by atoms with Crippen LogP contribution in [-0.4, -0.2) is 12.0 Å². The number of hydrogen-bond donors (Lipinski definition) is 0. The van der Waals surface area contributed by atoms with Crippen LogP contribution in [0.5, 0.6) is 0 Å². The van der Waals surface area contributed by atoms with E-state index in [9.17, 15) is 0 Å². The number of anilines is 2. The average molecular weight is 288 g/mol. The molecule has 2 aromatic rings. The number of benzene rings is 1. The first-order valence-electron chi connectivity index (χ1n) is 5.06. The maximum atomic E-state index is 8.86. The third kappa shape index (κ3) is 2.63. The lowest BCUT2D eigenvalue weighted by atomic mass is 10.2. The van der Waals surface area contributed by atoms with Crippen LogP contribution in [-0.2, 0) is 0 Å². The van der Waals surface area contributed by atoms with Gasteiger partial charge in [0, 0.05) is 23.4 Å².